The van der Waals surface area contributed by atoms with E-state index in [1.54, 1.807) is 0 Å². The molecule has 15 heavy (non-hydrogen) atoms. The lowest BCUT2D eigenvalue weighted by Gasteiger charge is -2.39. The average Bonchev–Trinajstić information content (AvgIpc) is 2.30. The quantitative estimate of drug-likeness (QED) is 0.733. The maximum Gasteiger partial charge on any atom is 0.0558 e. The molecule has 1 saturated carbocycles. The average molecular weight is 213 g/mol. The highest BCUT2D eigenvalue weighted by molar-refractivity contribution is 4.80. The lowest BCUT2D eigenvalue weighted by atomic mass is 9.92. The Balaban J connectivity index is 2.53. The van der Waals surface area contributed by atoms with E-state index in [0.29, 0.717) is 12.6 Å². The summed E-state index contributed by atoms with van der Waals surface area (Å²) in [5, 5.41) is 9.17. The second-order valence-electron chi connectivity index (χ2n) is 4.72. The summed E-state index contributed by atoms with van der Waals surface area (Å²) in [5.74, 6) is 0. The first-order valence-corrected chi connectivity index (χ1v) is 6.70. The summed E-state index contributed by atoms with van der Waals surface area (Å²) >= 11 is 0. The molecule has 2 nitrogen and oxygen atoms in total. The largest absolute Gasteiger partial charge is 0.395 e. The third-order valence-corrected chi connectivity index (χ3v) is 3.81. The van der Waals surface area contributed by atoms with Crippen LogP contribution in [-0.2, 0) is 0 Å². The van der Waals surface area contributed by atoms with Crippen molar-refractivity contribution in [1.29, 1.82) is 0 Å². The van der Waals surface area contributed by atoms with Crippen molar-refractivity contribution in [3.63, 3.8) is 0 Å². The Morgan fingerprint density at radius 2 is 1.73 bits per heavy atom. The number of rotatable bonds is 6. The monoisotopic (exact) mass is 213 g/mol. The summed E-state index contributed by atoms with van der Waals surface area (Å²) in [6.07, 6.45) is 9.29. The van der Waals surface area contributed by atoms with E-state index in [-0.39, 0.29) is 0 Å². The van der Waals surface area contributed by atoms with E-state index in [1.807, 2.05) is 0 Å². The molecule has 0 radical (unpaired) electrons. The molecule has 2 heteroatoms. The standard InChI is InChI=1S/C13H27NO/c1-3-12(4-2)14(10-11-15)13-8-6-5-7-9-13/h12-13,15H,3-11H2,1-2H3. The van der Waals surface area contributed by atoms with Gasteiger partial charge < -0.3 is 5.11 Å². The Morgan fingerprint density at radius 1 is 1.13 bits per heavy atom. The van der Waals surface area contributed by atoms with Crippen LogP contribution in [0.25, 0.3) is 0 Å². The maximum absolute atomic E-state index is 9.17. The zero-order chi connectivity index (χ0) is 11.1. The van der Waals surface area contributed by atoms with E-state index in [0.717, 1.165) is 12.6 Å². The van der Waals surface area contributed by atoms with Crippen LogP contribution in [0.4, 0.5) is 0 Å². The van der Waals surface area contributed by atoms with Gasteiger partial charge >= 0.3 is 0 Å². The second kappa shape index (κ2) is 7.24. The van der Waals surface area contributed by atoms with Gasteiger partial charge in [0.1, 0.15) is 0 Å². The number of aliphatic hydroxyl groups is 1. The Kier molecular flexibility index (Phi) is 6.26. The molecule has 1 aliphatic carbocycles. The summed E-state index contributed by atoms with van der Waals surface area (Å²) in [6, 6.07) is 1.43. The molecule has 0 aromatic rings. The zero-order valence-corrected chi connectivity index (χ0v) is 10.4. The molecule has 0 spiro atoms. The van der Waals surface area contributed by atoms with Gasteiger partial charge in [-0.3, -0.25) is 4.90 Å². The fraction of sp³-hybridized carbons (Fsp3) is 1.00. The number of aliphatic hydroxyl groups excluding tert-OH is 1. The lowest BCUT2D eigenvalue weighted by molar-refractivity contribution is 0.0760. The summed E-state index contributed by atoms with van der Waals surface area (Å²) in [4.78, 5) is 2.57. The zero-order valence-electron chi connectivity index (χ0n) is 10.4. The molecular formula is C13H27NO. The smallest absolute Gasteiger partial charge is 0.0558 e. The molecule has 1 fully saturated rings. The molecule has 1 N–H and O–H groups in total. The van der Waals surface area contributed by atoms with Crippen molar-refractivity contribution < 1.29 is 5.11 Å². The van der Waals surface area contributed by atoms with E-state index in [2.05, 4.69) is 18.7 Å². The Labute approximate surface area is 94.7 Å². The molecule has 1 aliphatic rings. The first-order chi connectivity index (χ1) is 7.33. The Bertz CT molecular complexity index is 151. The van der Waals surface area contributed by atoms with Crippen LogP contribution in [0.2, 0.25) is 0 Å². The number of hydrogen-bond acceptors (Lipinski definition) is 2. The van der Waals surface area contributed by atoms with Gasteiger partial charge in [0, 0.05) is 18.6 Å². The van der Waals surface area contributed by atoms with Crippen LogP contribution in [0.3, 0.4) is 0 Å². The predicted octanol–water partition coefficient (Wildman–Crippen LogP) is 2.80. The highest BCUT2D eigenvalue weighted by Crippen LogP contribution is 2.25. The van der Waals surface area contributed by atoms with E-state index in [9.17, 15) is 0 Å². The molecular weight excluding hydrogens is 186 g/mol. The molecule has 0 atom stereocenters. The van der Waals surface area contributed by atoms with Crippen molar-refractivity contribution in [2.45, 2.75) is 70.9 Å². The number of nitrogens with zero attached hydrogens (tertiary/aromatic N) is 1. The molecule has 1 rings (SSSR count). The third-order valence-electron chi connectivity index (χ3n) is 3.81. The highest BCUT2D eigenvalue weighted by Gasteiger charge is 2.25. The Hall–Kier alpha value is -0.0800. The van der Waals surface area contributed by atoms with Crippen molar-refractivity contribution in [2.75, 3.05) is 13.2 Å². The molecule has 0 aliphatic heterocycles. The highest BCUT2D eigenvalue weighted by atomic mass is 16.3. The summed E-state index contributed by atoms with van der Waals surface area (Å²) in [5.41, 5.74) is 0. The van der Waals surface area contributed by atoms with Crippen LogP contribution in [-0.4, -0.2) is 35.2 Å². The minimum Gasteiger partial charge on any atom is -0.395 e. The van der Waals surface area contributed by atoms with Gasteiger partial charge in [-0.2, -0.15) is 0 Å². The fourth-order valence-corrected chi connectivity index (χ4v) is 2.95. The van der Waals surface area contributed by atoms with Crippen LogP contribution in [0, 0.1) is 0 Å². The van der Waals surface area contributed by atoms with E-state index in [4.69, 9.17) is 5.11 Å². The molecule has 0 saturated heterocycles. The predicted molar refractivity (Wildman–Crippen MR) is 65.0 cm³/mol. The molecule has 0 unspecified atom stereocenters. The van der Waals surface area contributed by atoms with Gasteiger partial charge in [-0.15, -0.1) is 0 Å². The van der Waals surface area contributed by atoms with Crippen molar-refractivity contribution in [2.24, 2.45) is 0 Å². The maximum atomic E-state index is 9.17. The van der Waals surface area contributed by atoms with Gasteiger partial charge in [-0.25, -0.2) is 0 Å². The minimum atomic E-state index is 0.312. The van der Waals surface area contributed by atoms with Gasteiger partial charge in [-0.1, -0.05) is 33.1 Å². The minimum absolute atomic E-state index is 0.312. The molecule has 90 valence electrons. The molecule has 0 heterocycles. The van der Waals surface area contributed by atoms with Gasteiger partial charge in [0.15, 0.2) is 0 Å². The van der Waals surface area contributed by atoms with Crippen molar-refractivity contribution in [1.82, 2.24) is 4.90 Å². The van der Waals surface area contributed by atoms with Gasteiger partial charge in [0.2, 0.25) is 0 Å². The van der Waals surface area contributed by atoms with E-state index in [1.165, 1.54) is 44.9 Å². The van der Waals surface area contributed by atoms with Crippen LogP contribution >= 0.6 is 0 Å². The van der Waals surface area contributed by atoms with Gasteiger partial charge in [-0.05, 0) is 25.7 Å². The normalized spacial score (nSPS) is 19.0. The number of hydrogen-bond donors (Lipinski definition) is 1. The van der Waals surface area contributed by atoms with Crippen LogP contribution in [0.15, 0.2) is 0 Å². The molecule has 0 aromatic heterocycles. The molecule has 0 bridgehead atoms. The van der Waals surface area contributed by atoms with Crippen molar-refractivity contribution in [3.05, 3.63) is 0 Å². The SMILES string of the molecule is CCC(CC)N(CCO)C1CCCCC1. The van der Waals surface area contributed by atoms with Crippen molar-refractivity contribution in [3.8, 4) is 0 Å². The topological polar surface area (TPSA) is 23.5 Å². The van der Waals surface area contributed by atoms with Crippen LogP contribution < -0.4 is 0 Å². The second-order valence-corrected chi connectivity index (χ2v) is 4.72. The summed E-state index contributed by atoms with van der Waals surface area (Å²) < 4.78 is 0. The van der Waals surface area contributed by atoms with E-state index < -0.39 is 0 Å². The van der Waals surface area contributed by atoms with Crippen LogP contribution in [0.1, 0.15) is 58.8 Å². The first-order valence-electron chi connectivity index (χ1n) is 6.70. The van der Waals surface area contributed by atoms with Gasteiger partial charge in [0.05, 0.1) is 6.61 Å². The first kappa shape index (κ1) is 13.0. The summed E-state index contributed by atoms with van der Waals surface area (Å²) in [6.45, 7) is 5.72. The van der Waals surface area contributed by atoms with Crippen molar-refractivity contribution >= 4 is 0 Å². The molecule has 0 aromatic carbocycles. The fourth-order valence-electron chi connectivity index (χ4n) is 2.95. The molecule has 0 amide bonds. The Morgan fingerprint density at radius 3 is 2.20 bits per heavy atom. The summed E-state index contributed by atoms with van der Waals surface area (Å²) in [7, 11) is 0. The lowest BCUT2D eigenvalue weighted by Crippen LogP contribution is -2.45. The van der Waals surface area contributed by atoms with Crippen LogP contribution in [0.5, 0.6) is 0 Å². The third kappa shape index (κ3) is 3.76. The van der Waals surface area contributed by atoms with Gasteiger partial charge in [0.25, 0.3) is 0 Å². The van der Waals surface area contributed by atoms with E-state index >= 15 is 0 Å².